The molecule has 0 saturated carbocycles. The van der Waals surface area contributed by atoms with Gasteiger partial charge in [0.15, 0.2) is 0 Å². The fourth-order valence-electron chi connectivity index (χ4n) is 2.82. The Morgan fingerprint density at radius 3 is 3.00 bits per heavy atom. The second-order valence-corrected chi connectivity index (χ2v) is 6.15. The lowest BCUT2D eigenvalue weighted by Gasteiger charge is -2.27. The molecule has 114 valence electrons. The molecule has 2 unspecified atom stereocenters. The number of aromatic nitrogens is 2. The zero-order valence-corrected chi connectivity index (χ0v) is 12.9. The molecule has 1 aliphatic rings. The first-order valence-corrected chi connectivity index (χ1v) is 7.41. The highest BCUT2D eigenvalue weighted by atomic mass is 35.5. The molecule has 1 saturated heterocycles. The van der Waals surface area contributed by atoms with E-state index in [1.807, 2.05) is 11.5 Å². The van der Waals surface area contributed by atoms with Gasteiger partial charge in [-0.05, 0) is 19.1 Å². The zero-order valence-electron chi connectivity index (χ0n) is 12.1. The van der Waals surface area contributed by atoms with Crippen LogP contribution in [0.25, 0.3) is 11.0 Å². The van der Waals surface area contributed by atoms with Crippen molar-refractivity contribution in [2.75, 3.05) is 20.3 Å². The molecular weight excluding hydrogens is 295 g/mol. The number of halogens is 2. The average Bonchev–Trinajstić information content (AvgIpc) is 3.05. The third-order valence-corrected chi connectivity index (χ3v) is 4.24. The Kier molecular flexibility index (Phi) is 3.90. The van der Waals surface area contributed by atoms with Crippen molar-refractivity contribution >= 4 is 22.6 Å². The van der Waals surface area contributed by atoms with E-state index in [-0.39, 0.29) is 16.8 Å². The van der Waals surface area contributed by atoms with E-state index in [0.29, 0.717) is 25.3 Å². The van der Waals surface area contributed by atoms with Crippen LogP contribution in [-0.4, -0.2) is 35.5 Å². The van der Waals surface area contributed by atoms with Gasteiger partial charge in [0.05, 0.1) is 29.6 Å². The molecule has 2 atom stereocenters. The lowest BCUT2D eigenvalue weighted by atomic mass is 10.0. The van der Waals surface area contributed by atoms with Crippen LogP contribution in [0.4, 0.5) is 4.39 Å². The maximum absolute atomic E-state index is 13.4. The maximum atomic E-state index is 13.4. The summed E-state index contributed by atoms with van der Waals surface area (Å²) in [5, 5.41) is -0.267. The third-order valence-electron chi connectivity index (χ3n) is 4.04. The van der Waals surface area contributed by atoms with E-state index in [4.69, 9.17) is 21.1 Å². The zero-order chi connectivity index (χ0) is 15.0. The molecule has 21 heavy (non-hydrogen) atoms. The van der Waals surface area contributed by atoms with E-state index >= 15 is 0 Å². The third kappa shape index (κ3) is 2.65. The molecule has 1 aromatic heterocycles. The van der Waals surface area contributed by atoms with Gasteiger partial charge in [0.1, 0.15) is 17.2 Å². The van der Waals surface area contributed by atoms with Crippen LogP contribution in [0.15, 0.2) is 18.2 Å². The number of rotatable bonds is 4. The Labute approximate surface area is 127 Å². The largest absolute Gasteiger partial charge is 0.378 e. The fraction of sp³-hybridized carbons (Fsp3) is 0.533. The van der Waals surface area contributed by atoms with Gasteiger partial charge in [0, 0.05) is 26.2 Å². The number of hydrogen-bond acceptors (Lipinski definition) is 3. The van der Waals surface area contributed by atoms with Crippen LogP contribution in [0.2, 0.25) is 0 Å². The molecule has 4 nitrogen and oxygen atoms in total. The number of hydrogen-bond donors (Lipinski definition) is 0. The summed E-state index contributed by atoms with van der Waals surface area (Å²) >= 11 is 6.24. The molecular formula is C15H18ClFN2O2. The molecule has 3 rings (SSSR count). The van der Waals surface area contributed by atoms with E-state index in [2.05, 4.69) is 4.98 Å². The van der Waals surface area contributed by atoms with Gasteiger partial charge >= 0.3 is 0 Å². The van der Waals surface area contributed by atoms with E-state index in [0.717, 1.165) is 17.8 Å². The molecule has 0 aliphatic carbocycles. The van der Waals surface area contributed by atoms with Crippen LogP contribution in [0.5, 0.6) is 0 Å². The maximum Gasteiger partial charge on any atom is 0.127 e. The van der Waals surface area contributed by atoms with E-state index in [9.17, 15) is 4.39 Å². The van der Waals surface area contributed by atoms with Crippen LogP contribution in [-0.2, 0) is 16.0 Å². The normalized spacial score (nSPS) is 23.8. The lowest BCUT2D eigenvalue weighted by molar-refractivity contribution is -0.0292. The SMILES string of the molecule is COC1(Cn2c(C(C)Cl)nc3cc(F)ccc32)CCOC1. The summed E-state index contributed by atoms with van der Waals surface area (Å²) in [6.45, 7) is 3.68. The van der Waals surface area contributed by atoms with Crippen molar-refractivity contribution in [3.05, 3.63) is 29.8 Å². The van der Waals surface area contributed by atoms with Crippen LogP contribution in [0, 0.1) is 5.82 Å². The highest BCUT2D eigenvalue weighted by Crippen LogP contribution is 2.31. The Morgan fingerprint density at radius 1 is 1.57 bits per heavy atom. The average molecular weight is 313 g/mol. The smallest absolute Gasteiger partial charge is 0.127 e. The molecule has 1 aromatic carbocycles. The number of alkyl halides is 1. The Morgan fingerprint density at radius 2 is 2.38 bits per heavy atom. The Balaban J connectivity index is 2.09. The Bertz CT molecular complexity index is 650. The monoisotopic (exact) mass is 312 g/mol. The van der Waals surface area contributed by atoms with Gasteiger partial charge in [-0.25, -0.2) is 9.37 Å². The molecule has 0 spiro atoms. The van der Waals surface area contributed by atoms with Crippen LogP contribution < -0.4 is 0 Å². The van der Waals surface area contributed by atoms with Crippen molar-refractivity contribution in [2.24, 2.45) is 0 Å². The highest BCUT2D eigenvalue weighted by molar-refractivity contribution is 6.20. The number of fused-ring (bicyclic) bond motifs is 1. The van der Waals surface area contributed by atoms with Crippen molar-refractivity contribution in [1.82, 2.24) is 9.55 Å². The van der Waals surface area contributed by atoms with E-state index < -0.39 is 0 Å². The molecule has 0 amide bonds. The molecule has 2 aromatic rings. The number of nitrogens with zero attached hydrogens (tertiary/aromatic N) is 2. The molecule has 1 fully saturated rings. The summed E-state index contributed by atoms with van der Waals surface area (Å²) in [4.78, 5) is 4.48. The lowest BCUT2D eigenvalue weighted by Crippen LogP contribution is -2.37. The molecule has 0 N–H and O–H groups in total. The van der Waals surface area contributed by atoms with Gasteiger partial charge in [-0.15, -0.1) is 11.6 Å². The second kappa shape index (κ2) is 5.55. The van der Waals surface area contributed by atoms with Crippen molar-refractivity contribution < 1.29 is 13.9 Å². The molecule has 0 bridgehead atoms. The second-order valence-electron chi connectivity index (χ2n) is 5.49. The van der Waals surface area contributed by atoms with Crippen molar-refractivity contribution in [3.8, 4) is 0 Å². The molecule has 0 radical (unpaired) electrons. The summed E-state index contributed by atoms with van der Waals surface area (Å²) in [7, 11) is 1.69. The molecule has 6 heteroatoms. The first kappa shape index (κ1) is 14.8. The summed E-state index contributed by atoms with van der Waals surface area (Å²) in [6.07, 6.45) is 0.820. The number of methoxy groups -OCH3 is 1. The van der Waals surface area contributed by atoms with Gasteiger partial charge in [0.25, 0.3) is 0 Å². The fourth-order valence-corrected chi connectivity index (χ4v) is 2.98. The predicted octanol–water partition coefficient (Wildman–Crippen LogP) is 3.28. The van der Waals surface area contributed by atoms with Gasteiger partial charge in [-0.3, -0.25) is 0 Å². The van der Waals surface area contributed by atoms with Crippen molar-refractivity contribution in [3.63, 3.8) is 0 Å². The first-order valence-electron chi connectivity index (χ1n) is 6.97. The number of benzene rings is 1. The van der Waals surface area contributed by atoms with Crippen LogP contribution >= 0.6 is 11.6 Å². The van der Waals surface area contributed by atoms with Crippen molar-refractivity contribution in [1.29, 1.82) is 0 Å². The number of imidazole rings is 1. The topological polar surface area (TPSA) is 36.3 Å². The van der Waals surface area contributed by atoms with Crippen LogP contribution in [0.3, 0.4) is 0 Å². The Hall–Kier alpha value is -1.17. The van der Waals surface area contributed by atoms with Gasteiger partial charge in [-0.1, -0.05) is 0 Å². The molecule has 2 heterocycles. The van der Waals surface area contributed by atoms with Crippen molar-refractivity contribution in [2.45, 2.75) is 30.9 Å². The summed E-state index contributed by atoms with van der Waals surface area (Å²) in [6, 6.07) is 4.60. The first-order chi connectivity index (χ1) is 10.0. The highest BCUT2D eigenvalue weighted by Gasteiger charge is 2.36. The minimum absolute atomic E-state index is 0.267. The summed E-state index contributed by atoms with van der Waals surface area (Å²) < 4.78 is 26.6. The minimum Gasteiger partial charge on any atom is -0.378 e. The molecule has 1 aliphatic heterocycles. The predicted molar refractivity (Wildman–Crippen MR) is 79.1 cm³/mol. The quantitative estimate of drug-likeness (QED) is 0.813. The van der Waals surface area contributed by atoms with E-state index in [1.165, 1.54) is 12.1 Å². The standard InChI is InChI=1S/C15H18ClFN2O2/c1-10(16)14-18-12-7-11(17)3-4-13(12)19(14)8-15(20-2)5-6-21-9-15/h3-4,7,10H,5-6,8-9H2,1-2H3. The summed E-state index contributed by atoms with van der Waals surface area (Å²) in [5.74, 6) is 0.423. The summed E-state index contributed by atoms with van der Waals surface area (Å²) in [5.41, 5.74) is 1.10. The number of ether oxygens (including phenoxy) is 2. The minimum atomic E-state index is -0.372. The van der Waals surface area contributed by atoms with Gasteiger partial charge < -0.3 is 14.0 Å². The van der Waals surface area contributed by atoms with Gasteiger partial charge in [0.2, 0.25) is 0 Å². The van der Waals surface area contributed by atoms with E-state index in [1.54, 1.807) is 13.2 Å². The van der Waals surface area contributed by atoms with Gasteiger partial charge in [-0.2, -0.15) is 0 Å². The van der Waals surface area contributed by atoms with Crippen LogP contribution in [0.1, 0.15) is 24.5 Å².